The van der Waals surface area contributed by atoms with Crippen LogP contribution in [-0.4, -0.2) is 44.7 Å². The average molecular weight is 505 g/mol. The van der Waals surface area contributed by atoms with Crippen LogP contribution in [0.2, 0.25) is 0 Å². The number of carbonyl (C=O) groups excluding carboxylic acids is 1. The third-order valence-electron chi connectivity index (χ3n) is 6.32. The number of ether oxygens (including phenoxy) is 2. The molecule has 0 saturated heterocycles. The summed E-state index contributed by atoms with van der Waals surface area (Å²) in [7, 11) is 1.59. The van der Waals surface area contributed by atoms with Gasteiger partial charge < -0.3 is 24.7 Å². The van der Waals surface area contributed by atoms with Crippen LogP contribution in [0.1, 0.15) is 31.5 Å². The summed E-state index contributed by atoms with van der Waals surface area (Å²) in [5.41, 5.74) is 0.573. The molecule has 1 fully saturated rings. The number of aryl methyl sites for hydroxylation is 1. The van der Waals surface area contributed by atoms with E-state index >= 15 is 0 Å². The third-order valence-corrected chi connectivity index (χ3v) is 6.32. The van der Waals surface area contributed by atoms with Crippen LogP contribution in [0.3, 0.4) is 0 Å². The quantitative estimate of drug-likeness (QED) is 0.525. The second-order valence-electron chi connectivity index (χ2n) is 8.65. The van der Waals surface area contributed by atoms with Gasteiger partial charge in [0.25, 0.3) is 11.5 Å². The first-order chi connectivity index (χ1) is 16.5. The molecule has 186 valence electrons. The predicted molar refractivity (Wildman–Crippen MR) is 128 cm³/mol. The molecular weight excluding hydrogens is 479 g/mol. The SMILES string of the molecule is Cl.Cn1c(=O)cnc2ccc(F)c(OCC3CCC(NCc4ncc5c(n4)NC(=O)CO5)CC3)c21. The van der Waals surface area contributed by atoms with E-state index in [1.165, 1.54) is 16.8 Å². The Kier molecular flexibility index (Phi) is 7.46. The molecule has 1 amide bonds. The molecule has 10 nitrogen and oxygen atoms in total. The number of amides is 1. The van der Waals surface area contributed by atoms with Crippen molar-refractivity contribution in [3.63, 3.8) is 0 Å². The van der Waals surface area contributed by atoms with Crippen molar-refractivity contribution in [1.29, 1.82) is 0 Å². The molecule has 0 atom stereocenters. The molecule has 1 aliphatic heterocycles. The molecular formula is C23H26ClFN6O4. The minimum atomic E-state index is -0.502. The van der Waals surface area contributed by atoms with Gasteiger partial charge in [0, 0.05) is 13.1 Å². The van der Waals surface area contributed by atoms with Gasteiger partial charge in [0.2, 0.25) is 0 Å². The fraction of sp³-hybridized carbons (Fsp3) is 0.435. The largest absolute Gasteiger partial charge is 0.488 e. The van der Waals surface area contributed by atoms with Crippen LogP contribution in [0.15, 0.2) is 29.3 Å². The Morgan fingerprint density at radius 1 is 1.20 bits per heavy atom. The highest BCUT2D eigenvalue weighted by Crippen LogP contribution is 2.30. The number of benzene rings is 1. The number of carbonyl (C=O) groups is 1. The van der Waals surface area contributed by atoms with Gasteiger partial charge in [-0.1, -0.05) is 0 Å². The maximum Gasteiger partial charge on any atom is 0.269 e. The van der Waals surface area contributed by atoms with E-state index < -0.39 is 5.82 Å². The van der Waals surface area contributed by atoms with E-state index in [1.807, 2.05) is 0 Å². The molecule has 2 N–H and O–H groups in total. The molecule has 0 spiro atoms. The number of fused-ring (bicyclic) bond motifs is 2. The maximum atomic E-state index is 14.5. The summed E-state index contributed by atoms with van der Waals surface area (Å²) in [6, 6.07) is 3.17. The Morgan fingerprint density at radius 2 is 2.00 bits per heavy atom. The predicted octanol–water partition coefficient (Wildman–Crippen LogP) is 2.34. The van der Waals surface area contributed by atoms with Crippen molar-refractivity contribution in [2.24, 2.45) is 13.0 Å². The van der Waals surface area contributed by atoms with E-state index in [2.05, 4.69) is 25.6 Å². The van der Waals surface area contributed by atoms with Gasteiger partial charge in [-0.3, -0.25) is 9.59 Å². The van der Waals surface area contributed by atoms with E-state index in [4.69, 9.17) is 9.47 Å². The molecule has 1 saturated carbocycles. The van der Waals surface area contributed by atoms with Crippen LogP contribution in [0.5, 0.6) is 11.5 Å². The molecule has 3 heterocycles. The van der Waals surface area contributed by atoms with Crippen LogP contribution >= 0.6 is 12.4 Å². The molecule has 2 aliphatic rings. The zero-order valence-electron chi connectivity index (χ0n) is 19.1. The molecule has 0 unspecified atom stereocenters. The first-order valence-corrected chi connectivity index (χ1v) is 11.3. The summed E-state index contributed by atoms with van der Waals surface area (Å²) in [4.78, 5) is 36.2. The lowest BCUT2D eigenvalue weighted by molar-refractivity contribution is -0.118. The maximum absolute atomic E-state index is 14.5. The first kappa shape index (κ1) is 24.8. The molecule has 35 heavy (non-hydrogen) atoms. The van der Waals surface area contributed by atoms with Crippen LogP contribution in [0, 0.1) is 11.7 Å². The monoisotopic (exact) mass is 504 g/mol. The molecule has 1 aromatic carbocycles. The Balaban J connectivity index is 0.00000289. The third kappa shape index (κ3) is 5.35. The number of hydrogen-bond donors (Lipinski definition) is 2. The summed E-state index contributed by atoms with van der Waals surface area (Å²) in [6.45, 7) is 0.833. The Morgan fingerprint density at radius 3 is 2.80 bits per heavy atom. The number of halogens is 2. The Labute approximate surface area is 206 Å². The normalized spacial score (nSPS) is 19.3. The summed E-state index contributed by atoms with van der Waals surface area (Å²) < 4.78 is 27.1. The van der Waals surface area contributed by atoms with Crippen molar-refractivity contribution in [1.82, 2.24) is 24.8 Å². The summed E-state index contributed by atoms with van der Waals surface area (Å²) in [5, 5.41) is 6.16. The summed E-state index contributed by atoms with van der Waals surface area (Å²) in [5.74, 6) is 1.09. The van der Waals surface area contributed by atoms with Gasteiger partial charge in [-0.2, -0.15) is 0 Å². The van der Waals surface area contributed by atoms with E-state index in [0.29, 0.717) is 47.6 Å². The number of nitrogens with zero attached hydrogens (tertiary/aromatic N) is 4. The average Bonchev–Trinajstić information content (AvgIpc) is 2.85. The van der Waals surface area contributed by atoms with E-state index in [1.54, 1.807) is 19.3 Å². The molecule has 3 aromatic rings. The van der Waals surface area contributed by atoms with Crippen LogP contribution in [0.4, 0.5) is 10.2 Å². The first-order valence-electron chi connectivity index (χ1n) is 11.3. The second-order valence-corrected chi connectivity index (χ2v) is 8.65. The fourth-order valence-electron chi connectivity index (χ4n) is 4.39. The molecule has 0 bridgehead atoms. The van der Waals surface area contributed by atoms with Gasteiger partial charge in [0.05, 0.1) is 31.1 Å². The molecule has 12 heteroatoms. The van der Waals surface area contributed by atoms with E-state index in [-0.39, 0.29) is 42.1 Å². The second kappa shape index (κ2) is 10.5. The highest BCUT2D eigenvalue weighted by molar-refractivity contribution is 5.94. The van der Waals surface area contributed by atoms with E-state index in [9.17, 15) is 14.0 Å². The highest BCUT2D eigenvalue weighted by Gasteiger charge is 2.24. The van der Waals surface area contributed by atoms with E-state index in [0.717, 1.165) is 25.7 Å². The van der Waals surface area contributed by atoms with Gasteiger partial charge in [0.15, 0.2) is 29.7 Å². The van der Waals surface area contributed by atoms with Gasteiger partial charge in [0.1, 0.15) is 11.3 Å². The van der Waals surface area contributed by atoms with Crippen molar-refractivity contribution in [3.8, 4) is 11.5 Å². The standard InChI is InChI=1S/C23H25FN6O4.ClH/c1-30-20(32)10-26-16-7-6-15(24)22(21(16)30)34-11-13-2-4-14(5-3-13)25-9-18-27-8-17-23(28-18)29-19(31)12-33-17;/h6-8,10,13-14,25H,2-5,9,11-12H2,1H3,(H,27,28,29,31);1H. The number of rotatable bonds is 6. The lowest BCUT2D eigenvalue weighted by Gasteiger charge is -2.29. The minimum Gasteiger partial charge on any atom is -0.488 e. The van der Waals surface area contributed by atoms with Gasteiger partial charge >= 0.3 is 0 Å². The van der Waals surface area contributed by atoms with Crippen LogP contribution in [0.25, 0.3) is 11.0 Å². The van der Waals surface area contributed by atoms with Crippen LogP contribution < -0.4 is 25.7 Å². The van der Waals surface area contributed by atoms with Crippen molar-refractivity contribution >= 4 is 35.2 Å². The topological polar surface area (TPSA) is 120 Å². The zero-order valence-corrected chi connectivity index (χ0v) is 19.9. The molecule has 2 aromatic heterocycles. The molecule has 1 aliphatic carbocycles. The Bertz CT molecular complexity index is 1290. The number of aromatic nitrogens is 4. The zero-order chi connectivity index (χ0) is 23.7. The number of anilines is 1. The smallest absolute Gasteiger partial charge is 0.269 e. The number of hydrogen-bond acceptors (Lipinski definition) is 8. The molecule has 0 radical (unpaired) electrons. The summed E-state index contributed by atoms with van der Waals surface area (Å²) >= 11 is 0. The molecule has 5 rings (SSSR count). The Hall–Kier alpha value is -3.31. The lowest BCUT2D eigenvalue weighted by Crippen LogP contribution is -2.34. The fourth-order valence-corrected chi connectivity index (χ4v) is 4.39. The van der Waals surface area contributed by atoms with Crippen LogP contribution in [-0.2, 0) is 18.4 Å². The van der Waals surface area contributed by atoms with Gasteiger partial charge in [-0.15, -0.1) is 12.4 Å². The number of nitrogens with one attached hydrogen (secondary N) is 2. The van der Waals surface area contributed by atoms with Crippen molar-refractivity contribution in [3.05, 3.63) is 46.5 Å². The van der Waals surface area contributed by atoms with Crippen molar-refractivity contribution < 1.29 is 18.7 Å². The lowest BCUT2D eigenvalue weighted by atomic mass is 9.86. The van der Waals surface area contributed by atoms with Crippen molar-refractivity contribution in [2.75, 3.05) is 18.5 Å². The van der Waals surface area contributed by atoms with Gasteiger partial charge in [-0.25, -0.2) is 19.3 Å². The van der Waals surface area contributed by atoms with Gasteiger partial charge in [-0.05, 0) is 43.7 Å². The highest BCUT2D eigenvalue weighted by atomic mass is 35.5. The minimum absolute atomic E-state index is 0. The van der Waals surface area contributed by atoms with Crippen molar-refractivity contribution in [2.45, 2.75) is 38.3 Å². The summed E-state index contributed by atoms with van der Waals surface area (Å²) in [6.07, 6.45) is 6.53.